The molecule has 0 radical (unpaired) electrons. The molecule has 8 heteroatoms. The lowest BCUT2D eigenvalue weighted by atomic mass is 10.2. The number of hydroxylamine groups is 1. The zero-order valence-corrected chi connectivity index (χ0v) is 10.3. The maximum atomic E-state index is 11.5. The lowest BCUT2D eigenvalue weighted by molar-refractivity contribution is -0.384. The van der Waals surface area contributed by atoms with Gasteiger partial charge in [-0.3, -0.25) is 19.7 Å². The summed E-state index contributed by atoms with van der Waals surface area (Å²) in [6.45, 7) is 0.532. The molecule has 0 aliphatic rings. The number of hydrogen-bond donors (Lipinski definition) is 1. The van der Waals surface area contributed by atoms with Crippen molar-refractivity contribution in [3.05, 3.63) is 38.9 Å². The van der Waals surface area contributed by atoms with Crippen molar-refractivity contribution in [2.45, 2.75) is 0 Å². The standard InChI is InChI=1S/C10H11ClN2O5/c1-17-4-5-18-12-10(14)7-2-3-9(13(15)16)8(11)6-7/h2-3,6H,4-5H2,1H3,(H,12,14). The summed E-state index contributed by atoms with van der Waals surface area (Å²) in [5.41, 5.74) is 2.08. The van der Waals surface area contributed by atoms with Crippen LogP contribution < -0.4 is 5.48 Å². The van der Waals surface area contributed by atoms with E-state index < -0.39 is 10.8 Å². The highest BCUT2D eigenvalue weighted by atomic mass is 35.5. The minimum Gasteiger partial charge on any atom is -0.382 e. The molecule has 0 aliphatic carbocycles. The van der Waals surface area contributed by atoms with Gasteiger partial charge >= 0.3 is 0 Å². The first kappa shape index (κ1) is 14.4. The van der Waals surface area contributed by atoms with Crippen LogP contribution in [0.2, 0.25) is 5.02 Å². The molecule has 0 aromatic heterocycles. The number of nitro benzene ring substituents is 1. The van der Waals surface area contributed by atoms with Crippen molar-refractivity contribution >= 4 is 23.2 Å². The van der Waals surface area contributed by atoms with Gasteiger partial charge in [-0.15, -0.1) is 0 Å². The van der Waals surface area contributed by atoms with Crippen LogP contribution in [0, 0.1) is 10.1 Å². The molecule has 98 valence electrons. The fourth-order valence-electron chi connectivity index (χ4n) is 1.10. The van der Waals surface area contributed by atoms with Crippen molar-refractivity contribution in [1.82, 2.24) is 5.48 Å². The Hall–Kier alpha value is -1.70. The van der Waals surface area contributed by atoms with E-state index >= 15 is 0 Å². The van der Waals surface area contributed by atoms with Gasteiger partial charge in [-0.25, -0.2) is 5.48 Å². The van der Waals surface area contributed by atoms with E-state index in [1.165, 1.54) is 19.2 Å². The second kappa shape index (κ2) is 6.90. The molecule has 0 saturated carbocycles. The molecule has 0 saturated heterocycles. The topological polar surface area (TPSA) is 90.7 Å². The lowest BCUT2D eigenvalue weighted by Crippen LogP contribution is -2.25. The van der Waals surface area contributed by atoms with Crippen LogP contribution in [0.4, 0.5) is 5.69 Å². The summed E-state index contributed by atoms with van der Waals surface area (Å²) >= 11 is 5.67. The van der Waals surface area contributed by atoms with E-state index in [0.29, 0.717) is 6.61 Å². The molecule has 0 aliphatic heterocycles. The number of nitro groups is 1. The quantitative estimate of drug-likeness (QED) is 0.483. The molecular weight excluding hydrogens is 264 g/mol. The third kappa shape index (κ3) is 3.95. The Balaban J connectivity index is 2.64. The van der Waals surface area contributed by atoms with Gasteiger partial charge in [-0.2, -0.15) is 0 Å². The predicted octanol–water partition coefficient (Wildman–Crippen LogP) is 1.56. The Morgan fingerprint density at radius 1 is 1.50 bits per heavy atom. The van der Waals surface area contributed by atoms with Crippen LogP contribution in [0.3, 0.4) is 0 Å². The normalized spacial score (nSPS) is 10.1. The molecule has 0 fully saturated rings. The number of rotatable bonds is 6. The number of benzene rings is 1. The van der Waals surface area contributed by atoms with Gasteiger partial charge < -0.3 is 4.74 Å². The van der Waals surface area contributed by atoms with Crippen LogP contribution in [0.5, 0.6) is 0 Å². The maximum absolute atomic E-state index is 11.5. The average Bonchev–Trinajstić information content (AvgIpc) is 2.33. The number of amides is 1. The Morgan fingerprint density at radius 2 is 2.22 bits per heavy atom. The van der Waals surface area contributed by atoms with E-state index in [0.717, 1.165) is 6.07 Å². The maximum Gasteiger partial charge on any atom is 0.287 e. The summed E-state index contributed by atoms with van der Waals surface area (Å²) in [5, 5.41) is 10.4. The smallest absolute Gasteiger partial charge is 0.287 e. The van der Waals surface area contributed by atoms with Gasteiger partial charge in [0.25, 0.3) is 11.6 Å². The third-order valence-electron chi connectivity index (χ3n) is 1.96. The highest BCUT2D eigenvalue weighted by Crippen LogP contribution is 2.24. The molecule has 1 rings (SSSR count). The lowest BCUT2D eigenvalue weighted by Gasteiger charge is -2.05. The van der Waals surface area contributed by atoms with Crippen molar-refractivity contribution < 1.29 is 19.3 Å². The number of methoxy groups -OCH3 is 1. The summed E-state index contributed by atoms with van der Waals surface area (Å²) in [6, 6.07) is 3.65. The molecule has 0 heterocycles. The number of ether oxygens (including phenoxy) is 1. The van der Waals surface area contributed by atoms with Crippen molar-refractivity contribution in [1.29, 1.82) is 0 Å². The molecule has 0 bridgehead atoms. The Bertz CT molecular complexity index is 452. The summed E-state index contributed by atoms with van der Waals surface area (Å²) in [6.07, 6.45) is 0. The number of carbonyl (C=O) groups is 1. The minimum absolute atomic E-state index is 0.107. The molecule has 1 aromatic rings. The third-order valence-corrected chi connectivity index (χ3v) is 2.26. The zero-order valence-electron chi connectivity index (χ0n) is 9.51. The van der Waals surface area contributed by atoms with Crippen LogP contribution in [-0.4, -0.2) is 31.2 Å². The van der Waals surface area contributed by atoms with Gasteiger partial charge in [-0.05, 0) is 12.1 Å². The van der Waals surface area contributed by atoms with Crippen molar-refractivity contribution in [2.24, 2.45) is 0 Å². The fraction of sp³-hybridized carbons (Fsp3) is 0.300. The SMILES string of the molecule is COCCONC(=O)c1ccc([N+](=O)[O-])c(Cl)c1. The molecule has 0 spiro atoms. The van der Waals surface area contributed by atoms with E-state index in [4.69, 9.17) is 21.2 Å². The van der Waals surface area contributed by atoms with E-state index in [9.17, 15) is 14.9 Å². The monoisotopic (exact) mass is 274 g/mol. The average molecular weight is 275 g/mol. The van der Waals surface area contributed by atoms with Gasteiger partial charge in [-0.1, -0.05) is 11.6 Å². The molecule has 1 aromatic carbocycles. The second-order valence-electron chi connectivity index (χ2n) is 3.20. The Kier molecular flexibility index (Phi) is 5.50. The van der Waals surface area contributed by atoms with Crippen LogP contribution >= 0.6 is 11.6 Å². The Labute approximate surface area is 108 Å². The zero-order chi connectivity index (χ0) is 13.5. The van der Waals surface area contributed by atoms with Gasteiger partial charge in [0.15, 0.2) is 0 Å². The number of nitrogens with zero attached hydrogens (tertiary/aromatic N) is 1. The first-order valence-electron chi connectivity index (χ1n) is 4.91. The van der Waals surface area contributed by atoms with Crippen LogP contribution in [0.15, 0.2) is 18.2 Å². The Morgan fingerprint density at radius 3 is 2.78 bits per heavy atom. The summed E-state index contributed by atoms with van der Waals surface area (Å²) < 4.78 is 4.72. The minimum atomic E-state index is -0.626. The van der Waals surface area contributed by atoms with E-state index in [2.05, 4.69) is 5.48 Å². The van der Waals surface area contributed by atoms with E-state index in [-0.39, 0.29) is 22.9 Å². The summed E-state index contributed by atoms with van der Waals surface area (Å²) in [7, 11) is 1.50. The highest BCUT2D eigenvalue weighted by molar-refractivity contribution is 6.33. The number of hydrogen-bond acceptors (Lipinski definition) is 5. The molecule has 7 nitrogen and oxygen atoms in total. The molecule has 0 atom stereocenters. The van der Waals surface area contributed by atoms with Crippen molar-refractivity contribution in [3.63, 3.8) is 0 Å². The largest absolute Gasteiger partial charge is 0.382 e. The predicted molar refractivity (Wildman–Crippen MR) is 63.4 cm³/mol. The van der Waals surface area contributed by atoms with Gasteiger partial charge in [0, 0.05) is 18.7 Å². The van der Waals surface area contributed by atoms with Crippen molar-refractivity contribution in [3.8, 4) is 0 Å². The number of carbonyl (C=O) groups excluding carboxylic acids is 1. The molecule has 0 unspecified atom stereocenters. The van der Waals surface area contributed by atoms with Crippen LogP contribution in [-0.2, 0) is 9.57 Å². The molecule has 1 N–H and O–H groups in total. The van der Waals surface area contributed by atoms with Crippen LogP contribution in [0.1, 0.15) is 10.4 Å². The number of nitrogens with one attached hydrogen (secondary N) is 1. The van der Waals surface area contributed by atoms with Crippen LogP contribution in [0.25, 0.3) is 0 Å². The molecule has 18 heavy (non-hydrogen) atoms. The first-order valence-corrected chi connectivity index (χ1v) is 5.29. The first-order chi connectivity index (χ1) is 8.56. The fourth-order valence-corrected chi connectivity index (χ4v) is 1.35. The summed E-state index contributed by atoms with van der Waals surface area (Å²) in [4.78, 5) is 26.2. The second-order valence-corrected chi connectivity index (χ2v) is 3.60. The van der Waals surface area contributed by atoms with E-state index in [1.807, 2.05) is 0 Å². The van der Waals surface area contributed by atoms with Crippen molar-refractivity contribution in [2.75, 3.05) is 20.3 Å². The van der Waals surface area contributed by atoms with E-state index in [1.54, 1.807) is 0 Å². The van der Waals surface area contributed by atoms with Gasteiger partial charge in [0.05, 0.1) is 18.1 Å². The van der Waals surface area contributed by atoms with Gasteiger partial charge in [0.2, 0.25) is 0 Å². The highest BCUT2D eigenvalue weighted by Gasteiger charge is 2.15. The summed E-state index contributed by atoms with van der Waals surface area (Å²) in [5.74, 6) is -0.539. The number of halogens is 1. The molecule has 1 amide bonds. The molecular formula is C10H11ClN2O5. The van der Waals surface area contributed by atoms with Gasteiger partial charge in [0.1, 0.15) is 5.02 Å².